The van der Waals surface area contributed by atoms with Gasteiger partial charge in [-0.25, -0.2) is 0 Å². The Labute approximate surface area is 120 Å². The Balaban J connectivity index is 4.21. The van der Waals surface area contributed by atoms with Crippen LogP contribution in [0.2, 0.25) is 0 Å². The largest absolute Gasteiger partial charge is 0.481 e. The first-order valence-electron chi connectivity index (χ1n) is 8.18. The molecule has 0 aliphatic rings. The second-order valence-corrected chi connectivity index (χ2v) is 6.52. The molecule has 0 aliphatic carbocycles. The van der Waals surface area contributed by atoms with Crippen LogP contribution in [0, 0.1) is 11.3 Å². The lowest BCUT2D eigenvalue weighted by molar-refractivity contribution is -0.142. The Morgan fingerprint density at radius 2 is 1.53 bits per heavy atom. The van der Waals surface area contributed by atoms with Crippen LogP contribution in [-0.4, -0.2) is 11.1 Å². The third-order valence-electron chi connectivity index (χ3n) is 4.24. The fraction of sp³-hybridized carbons (Fsp3) is 0.941. The molecule has 0 fully saturated rings. The van der Waals surface area contributed by atoms with E-state index in [4.69, 9.17) is 5.11 Å². The summed E-state index contributed by atoms with van der Waals surface area (Å²) in [5, 5.41) is 9.11. The fourth-order valence-corrected chi connectivity index (χ4v) is 2.91. The maximum Gasteiger partial charge on any atom is 0.306 e. The van der Waals surface area contributed by atoms with Crippen molar-refractivity contribution >= 4 is 5.97 Å². The van der Waals surface area contributed by atoms with Crippen LogP contribution in [0.25, 0.3) is 0 Å². The zero-order valence-corrected chi connectivity index (χ0v) is 13.5. The third kappa shape index (κ3) is 9.07. The Kier molecular flexibility index (Phi) is 9.99. The maximum atomic E-state index is 11.1. The molecule has 0 radical (unpaired) electrons. The summed E-state index contributed by atoms with van der Waals surface area (Å²) in [6.45, 7) is 8.59. The standard InChI is InChI=1S/C17H34O2/c1-5-7-9-10-11-13-17(4,12-8-6-2)14-15(3)16(18)19/h15H,5-14H2,1-4H3,(H,18,19)/t15-,17?/m0/s1. The third-order valence-corrected chi connectivity index (χ3v) is 4.24. The predicted octanol–water partition coefficient (Wildman–Crippen LogP) is 5.65. The molecule has 1 unspecified atom stereocenters. The summed E-state index contributed by atoms with van der Waals surface area (Å²) >= 11 is 0. The Morgan fingerprint density at radius 3 is 2.05 bits per heavy atom. The monoisotopic (exact) mass is 270 g/mol. The van der Waals surface area contributed by atoms with Crippen LogP contribution >= 0.6 is 0 Å². The summed E-state index contributed by atoms with van der Waals surface area (Å²) in [5.74, 6) is -0.855. The summed E-state index contributed by atoms with van der Waals surface area (Å²) in [7, 11) is 0. The summed E-state index contributed by atoms with van der Waals surface area (Å²) in [5.41, 5.74) is 0.222. The lowest BCUT2D eigenvalue weighted by atomic mass is 9.74. The topological polar surface area (TPSA) is 37.3 Å². The van der Waals surface area contributed by atoms with Crippen molar-refractivity contribution in [3.8, 4) is 0 Å². The van der Waals surface area contributed by atoms with E-state index in [0.717, 1.165) is 6.42 Å². The van der Waals surface area contributed by atoms with Crippen LogP contribution in [0.5, 0.6) is 0 Å². The smallest absolute Gasteiger partial charge is 0.306 e. The highest BCUT2D eigenvalue weighted by Gasteiger charge is 2.28. The molecule has 0 rings (SSSR count). The maximum absolute atomic E-state index is 11.1. The van der Waals surface area contributed by atoms with Crippen molar-refractivity contribution in [2.24, 2.45) is 11.3 Å². The molecule has 0 heterocycles. The molecule has 0 amide bonds. The number of hydrogen-bond acceptors (Lipinski definition) is 1. The Hall–Kier alpha value is -0.530. The first kappa shape index (κ1) is 18.5. The van der Waals surface area contributed by atoms with Gasteiger partial charge < -0.3 is 5.11 Å². The van der Waals surface area contributed by atoms with Crippen LogP contribution in [-0.2, 0) is 4.79 Å². The van der Waals surface area contributed by atoms with E-state index in [0.29, 0.717) is 0 Å². The molecule has 1 N–H and O–H groups in total. The van der Waals surface area contributed by atoms with Gasteiger partial charge in [-0.15, -0.1) is 0 Å². The highest BCUT2D eigenvalue weighted by molar-refractivity contribution is 5.69. The first-order valence-corrected chi connectivity index (χ1v) is 8.18. The number of carboxylic acid groups (broad SMARTS) is 1. The van der Waals surface area contributed by atoms with Gasteiger partial charge in [0.2, 0.25) is 0 Å². The molecule has 0 saturated carbocycles. The molecule has 0 spiro atoms. The van der Waals surface area contributed by atoms with Crippen molar-refractivity contribution in [3.05, 3.63) is 0 Å². The van der Waals surface area contributed by atoms with E-state index in [2.05, 4.69) is 20.8 Å². The molecule has 114 valence electrons. The van der Waals surface area contributed by atoms with Gasteiger partial charge in [0.05, 0.1) is 5.92 Å². The van der Waals surface area contributed by atoms with Crippen molar-refractivity contribution in [1.82, 2.24) is 0 Å². The van der Waals surface area contributed by atoms with Crippen LogP contribution < -0.4 is 0 Å². The minimum absolute atomic E-state index is 0.211. The fourth-order valence-electron chi connectivity index (χ4n) is 2.91. The highest BCUT2D eigenvalue weighted by Crippen LogP contribution is 2.37. The Morgan fingerprint density at radius 1 is 1.00 bits per heavy atom. The molecule has 0 aliphatic heterocycles. The molecule has 2 atom stereocenters. The van der Waals surface area contributed by atoms with E-state index < -0.39 is 5.97 Å². The van der Waals surface area contributed by atoms with E-state index in [1.165, 1.54) is 57.8 Å². The summed E-state index contributed by atoms with van der Waals surface area (Å²) in [6.07, 6.45) is 12.1. The molecular weight excluding hydrogens is 236 g/mol. The lowest BCUT2D eigenvalue weighted by Gasteiger charge is -2.31. The second-order valence-electron chi connectivity index (χ2n) is 6.52. The molecule has 2 nitrogen and oxygen atoms in total. The number of hydrogen-bond donors (Lipinski definition) is 1. The molecular formula is C17H34O2. The summed E-state index contributed by atoms with van der Waals surface area (Å²) in [6, 6.07) is 0. The van der Waals surface area contributed by atoms with Gasteiger partial charge in [0.25, 0.3) is 0 Å². The van der Waals surface area contributed by atoms with E-state index in [1.54, 1.807) is 0 Å². The first-order chi connectivity index (χ1) is 8.95. The zero-order chi connectivity index (χ0) is 14.7. The quantitative estimate of drug-likeness (QED) is 0.465. The van der Waals surface area contributed by atoms with Crippen molar-refractivity contribution in [2.45, 2.75) is 91.9 Å². The SMILES string of the molecule is CCCCCCCC(C)(CCCC)C[C@H](C)C(=O)O. The normalized spacial score (nSPS) is 16.0. The van der Waals surface area contributed by atoms with Crippen molar-refractivity contribution in [3.63, 3.8) is 0 Å². The van der Waals surface area contributed by atoms with Crippen LogP contribution in [0.4, 0.5) is 0 Å². The zero-order valence-electron chi connectivity index (χ0n) is 13.5. The number of carboxylic acids is 1. The number of unbranched alkanes of at least 4 members (excludes halogenated alkanes) is 5. The van der Waals surface area contributed by atoms with Gasteiger partial charge in [0.15, 0.2) is 0 Å². The number of carbonyl (C=O) groups is 1. The van der Waals surface area contributed by atoms with Gasteiger partial charge in [-0.1, -0.05) is 72.6 Å². The minimum atomic E-state index is -0.645. The van der Waals surface area contributed by atoms with E-state index in [1.807, 2.05) is 6.92 Å². The summed E-state index contributed by atoms with van der Waals surface area (Å²) < 4.78 is 0. The van der Waals surface area contributed by atoms with Crippen molar-refractivity contribution in [2.75, 3.05) is 0 Å². The number of rotatable bonds is 12. The molecule has 0 aromatic heterocycles. The van der Waals surface area contributed by atoms with Gasteiger partial charge in [-0.3, -0.25) is 4.79 Å². The second kappa shape index (κ2) is 10.3. The van der Waals surface area contributed by atoms with Crippen LogP contribution in [0.3, 0.4) is 0 Å². The molecule has 0 bridgehead atoms. The highest BCUT2D eigenvalue weighted by atomic mass is 16.4. The molecule has 19 heavy (non-hydrogen) atoms. The van der Waals surface area contributed by atoms with Crippen LogP contribution in [0.1, 0.15) is 91.9 Å². The van der Waals surface area contributed by atoms with E-state index >= 15 is 0 Å². The van der Waals surface area contributed by atoms with E-state index in [-0.39, 0.29) is 11.3 Å². The van der Waals surface area contributed by atoms with Gasteiger partial charge in [-0.2, -0.15) is 0 Å². The van der Waals surface area contributed by atoms with Crippen LogP contribution in [0.15, 0.2) is 0 Å². The van der Waals surface area contributed by atoms with Gasteiger partial charge in [0.1, 0.15) is 0 Å². The molecule has 0 aromatic rings. The summed E-state index contributed by atoms with van der Waals surface area (Å²) in [4.78, 5) is 11.1. The molecule has 0 aromatic carbocycles. The number of aliphatic carboxylic acids is 1. The average Bonchev–Trinajstić information content (AvgIpc) is 2.36. The van der Waals surface area contributed by atoms with E-state index in [9.17, 15) is 4.79 Å². The van der Waals surface area contributed by atoms with Crippen molar-refractivity contribution < 1.29 is 9.90 Å². The predicted molar refractivity (Wildman–Crippen MR) is 82.4 cm³/mol. The van der Waals surface area contributed by atoms with Gasteiger partial charge >= 0.3 is 5.97 Å². The van der Waals surface area contributed by atoms with Crippen molar-refractivity contribution in [1.29, 1.82) is 0 Å². The lowest BCUT2D eigenvalue weighted by Crippen LogP contribution is -2.24. The molecule has 0 saturated heterocycles. The average molecular weight is 270 g/mol. The molecule has 2 heteroatoms. The Bertz CT molecular complexity index is 237. The van der Waals surface area contributed by atoms with Gasteiger partial charge in [-0.05, 0) is 24.7 Å². The minimum Gasteiger partial charge on any atom is -0.481 e. The van der Waals surface area contributed by atoms with Gasteiger partial charge in [0, 0.05) is 0 Å².